The zero-order valence-electron chi connectivity index (χ0n) is 8.05. The molecule has 1 saturated heterocycles. The third-order valence-electron chi connectivity index (χ3n) is 2.21. The maximum Gasteiger partial charge on any atom is 0.274 e. The van der Waals surface area contributed by atoms with Crippen LogP contribution in [-0.2, 0) is 6.54 Å². The summed E-state index contributed by atoms with van der Waals surface area (Å²) in [6.07, 6.45) is 4.23. The lowest BCUT2D eigenvalue weighted by Crippen LogP contribution is -2.20. The van der Waals surface area contributed by atoms with Crippen molar-refractivity contribution in [3.05, 3.63) is 46.3 Å². The van der Waals surface area contributed by atoms with Gasteiger partial charge in [0.15, 0.2) is 5.82 Å². The number of nitro groups is 1. The highest BCUT2D eigenvalue weighted by molar-refractivity contribution is 5.09. The van der Waals surface area contributed by atoms with Gasteiger partial charge in [-0.2, -0.15) is 0 Å². The van der Waals surface area contributed by atoms with Gasteiger partial charge in [0, 0.05) is 25.2 Å². The van der Waals surface area contributed by atoms with Crippen molar-refractivity contribution < 1.29 is 9.34 Å². The van der Waals surface area contributed by atoms with Gasteiger partial charge in [0.2, 0.25) is 0 Å². The Balaban J connectivity index is 2.05. The Hall–Kier alpha value is -1.98. The lowest BCUT2D eigenvalue weighted by Gasteiger charge is -2.15. The predicted octanol–water partition coefficient (Wildman–Crippen LogP) is 0.760. The highest BCUT2D eigenvalue weighted by atomic mass is 16.6. The van der Waals surface area contributed by atoms with E-state index < -0.39 is 4.92 Å². The van der Waals surface area contributed by atoms with Crippen molar-refractivity contribution in [3.63, 3.8) is 0 Å². The van der Waals surface area contributed by atoms with Crippen molar-refractivity contribution in [2.75, 3.05) is 13.1 Å². The monoisotopic (exact) mass is 209 g/mol. The maximum atomic E-state index is 10.3. The molecule has 1 aromatic heterocycles. The van der Waals surface area contributed by atoms with Gasteiger partial charge in [-0.05, 0) is 6.07 Å². The van der Waals surface area contributed by atoms with Crippen molar-refractivity contribution in [2.45, 2.75) is 6.54 Å². The molecular weight excluding hydrogens is 198 g/mol. The third kappa shape index (κ3) is 2.28. The minimum Gasteiger partial charge on any atom is -0.472 e. The van der Waals surface area contributed by atoms with Crippen LogP contribution in [0.2, 0.25) is 0 Å². The molecule has 0 aliphatic carbocycles. The van der Waals surface area contributed by atoms with Crippen LogP contribution in [0, 0.1) is 10.1 Å². The molecule has 6 heteroatoms. The average Bonchev–Trinajstić information content (AvgIpc) is 2.78. The summed E-state index contributed by atoms with van der Waals surface area (Å²) in [7, 11) is 0. The van der Waals surface area contributed by atoms with Crippen LogP contribution in [0.4, 0.5) is 0 Å². The van der Waals surface area contributed by atoms with E-state index in [0.717, 1.165) is 24.9 Å². The van der Waals surface area contributed by atoms with Crippen molar-refractivity contribution in [1.29, 1.82) is 0 Å². The van der Waals surface area contributed by atoms with E-state index in [1.54, 1.807) is 12.5 Å². The minimum atomic E-state index is -0.448. The second-order valence-electron chi connectivity index (χ2n) is 3.28. The molecule has 0 spiro atoms. The van der Waals surface area contributed by atoms with Gasteiger partial charge < -0.3 is 14.6 Å². The summed E-state index contributed by atoms with van der Waals surface area (Å²) in [6.45, 7) is 2.13. The standard InChI is InChI=1S/C9H11N3O3/c13-12(14)6-9-10-2-3-11(9)5-8-1-4-15-7-8/h1,4,6-7,10H,2-3,5H2. The van der Waals surface area contributed by atoms with E-state index in [9.17, 15) is 10.1 Å². The number of hydrogen-bond acceptors (Lipinski definition) is 5. The molecule has 0 amide bonds. The summed E-state index contributed by atoms with van der Waals surface area (Å²) in [5.41, 5.74) is 1.01. The molecule has 0 aromatic carbocycles. The molecule has 6 nitrogen and oxygen atoms in total. The van der Waals surface area contributed by atoms with Gasteiger partial charge in [0.1, 0.15) is 0 Å². The van der Waals surface area contributed by atoms with Crippen LogP contribution in [-0.4, -0.2) is 22.9 Å². The minimum absolute atomic E-state index is 0.448. The summed E-state index contributed by atoms with van der Waals surface area (Å²) in [4.78, 5) is 11.8. The van der Waals surface area contributed by atoms with Crippen LogP contribution < -0.4 is 5.32 Å². The van der Waals surface area contributed by atoms with Gasteiger partial charge >= 0.3 is 0 Å². The number of nitrogens with zero attached hydrogens (tertiary/aromatic N) is 2. The fraction of sp³-hybridized carbons (Fsp3) is 0.333. The first-order valence-electron chi connectivity index (χ1n) is 4.61. The first kappa shape index (κ1) is 9.57. The SMILES string of the molecule is O=[N+]([O-])C=C1NCCN1Cc1ccoc1. The van der Waals surface area contributed by atoms with Crippen LogP contribution in [0.15, 0.2) is 35.0 Å². The van der Waals surface area contributed by atoms with Gasteiger partial charge in [-0.1, -0.05) is 0 Å². The molecule has 0 atom stereocenters. The molecule has 15 heavy (non-hydrogen) atoms. The van der Waals surface area contributed by atoms with Crippen molar-refractivity contribution in [2.24, 2.45) is 0 Å². The van der Waals surface area contributed by atoms with Crippen LogP contribution >= 0.6 is 0 Å². The van der Waals surface area contributed by atoms with E-state index in [1.807, 2.05) is 11.0 Å². The molecule has 2 rings (SSSR count). The Morgan fingerprint density at radius 1 is 1.73 bits per heavy atom. The second-order valence-corrected chi connectivity index (χ2v) is 3.28. The molecule has 0 bridgehead atoms. The third-order valence-corrected chi connectivity index (χ3v) is 2.21. The highest BCUT2D eigenvalue weighted by Gasteiger charge is 2.19. The van der Waals surface area contributed by atoms with Gasteiger partial charge in [-0.25, -0.2) is 0 Å². The van der Waals surface area contributed by atoms with Crippen LogP contribution in [0.3, 0.4) is 0 Å². The molecule has 1 aliphatic heterocycles. The lowest BCUT2D eigenvalue weighted by atomic mass is 10.3. The van der Waals surface area contributed by atoms with E-state index in [0.29, 0.717) is 12.4 Å². The topological polar surface area (TPSA) is 71.6 Å². The second kappa shape index (κ2) is 4.04. The molecule has 0 unspecified atom stereocenters. The molecule has 1 N–H and O–H groups in total. The van der Waals surface area contributed by atoms with E-state index >= 15 is 0 Å². The van der Waals surface area contributed by atoms with E-state index in [4.69, 9.17) is 4.42 Å². The van der Waals surface area contributed by atoms with E-state index in [2.05, 4.69) is 5.32 Å². The largest absolute Gasteiger partial charge is 0.472 e. The smallest absolute Gasteiger partial charge is 0.274 e. The normalized spacial score (nSPS) is 18.1. The van der Waals surface area contributed by atoms with Gasteiger partial charge in [0.05, 0.1) is 17.4 Å². The fourth-order valence-corrected chi connectivity index (χ4v) is 1.55. The first-order chi connectivity index (χ1) is 7.25. The Kier molecular flexibility index (Phi) is 2.57. The zero-order valence-corrected chi connectivity index (χ0v) is 8.05. The Morgan fingerprint density at radius 2 is 2.60 bits per heavy atom. The lowest BCUT2D eigenvalue weighted by molar-refractivity contribution is -0.404. The van der Waals surface area contributed by atoms with Crippen molar-refractivity contribution in [1.82, 2.24) is 10.2 Å². The number of nitrogens with one attached hydrogen (secondary N) is 1. The van der Waals surface area contributed by atoms with Crippen molar-refractivity contribution in [3.8, 4) is 0 Å². The van der Waals surface area contributed by atoms with Crippen LogP contribution in [0.1, 0.15) is 5.56 Å². The maximum absolute atomic E-state index is 10.3. The Labute approximate surface area is 86.3 Å². The molecule has 80 valence electrons. The summed E-state index contributed by atoms with van der Waals surface area (Å²) >= 11 is 0. The number of furan rings is 1. The first-order valence-corrected chi connectivity index (χ1v) is 4.61. The van der Waals surface area contributed by atoms with E-state index in [1.165, 1.54) is 0 Å². The van der Waals surface area contributed by atoms with Gasteiger partial charge in [-0.15, -0.1) is 0 Å². The molecule has 1 fully saturated rings. The summed E-state index contributed by atoms with van der Waals surface area (Å²) in [5, 5.41) is 13.3. The van der Waals surface area contributed by atoms with Gasteiger partial charge in [-0.3, -0.25) is 10.1 Å². The van der Waals surface area contributed by atoms with Crippen LogP contribution in [0.5, 0.6) is 0 Å². The predicted molar refractivity (Wildman–Crippen MR) is 52.2 cm³/mol. The molecule has 0 radical (unpaired) electrons. The van der Waals surface area contributed by atoms with Crippen LogP contribution in [0.25, 0.3) is 0 Å². The van der Waals surface area contributed by atoms with Crippen molar-refractivity contribution >= 4 is 0 Å². The Bertz CT molecular complexity index is 372. The summed E-state index contributed by atoms with van der Waals surface area (Å²) in [5.74, 6) is 0.557. The molecular formula is C9H11N3O3. The summed E-state index contributed by atoms with van der Waals surface area (Å²) in [6, 6.07) is 1.85. The zero-order chi connectivity index (χ0) is 10.7. The molecule has 0 saturated carbocycles. The molecule has 1 aliphatic rings. The number of rotatable bonds is 3. The van der Waals surface area contributed by atoms with E-state index in [-0.39, 0.29) is 0 Å². The molecule has 1 aromatic rings. The quantitative estimate of drug-likeness (QED) is 0.587. The fourth-order valence-electron chi connectivity index (χ4n) is 1.55. The highest BCUT2D eigenvalue weighted by Crippen LogP contribution is 2.13. The van der Waals surface area contributed by atoms with Gasteiger partial charge in [0.25, 0.3) is 6.20 Å². The number of hydrogen-bond donors (Lipinski definition) is 1. The molecule has 2 heterocycles. The Morgan fingerprint density at radius 3 is 3.27 bits per heavy atom. The summed E-state index contributed by atoms with van der Waals surface area (Å²) < 4.78 is 4.94. The average molecular weight is 209 g/mol.